The minimum absolute atomic E-state index is 0.229. The number of methoxy groups -OCH3 is 1. The third-order valence-electron chi connectivity index (χ3n) is 1.86. The Morgan fingerprint density at radius 3 is 3.00 bits per heavy atom. The molecule has 0 spiro atoms. The Morgan fingerprint density at radius 2 is 2.38 bits per heavy atom. The third-order valence-corrected chi connectivity index (χ3v) is 2.82. The molecular weight excluding hydrogens is 184 g/mol. The lowest BCUT2D eigenvalue weighted by Crippen LogP contribution is -1.97. The molecule has 0 aliphatic rings. The van der Waals surface area contributed by atoms with Crippen molar-refractivity contribution in [3.05, 3.63) is 21.9 Å². The average Bonchev–Trinajstić information content (AvgIpc) is 2.62. The van der Waals surface area contributed by atoms with Crippen LogP contribution in [0.5, 0.6) is 0 Å². The molecule has 0 N–H and O–H groups in total. The van der Waals surface area contributed by atoms with Crippen molar-refractivity contribution in [3.8, 4) is 0 Å². The zero-order valence-corrected chi connectivity index (χ0v) is 8.82. The van der Waals surface area contributed by atoms with Crippen molar-refractivity contribution in [1.82, 2.24) is 0 Å². The predicted molar refractivity (Wildman–Crippen MR) is 54.3 cm³/mol. The molecule has 3 heteroatoms. The second-order valence-electron chi connectivity index (χ2n) is 2.91. The van der Waals surface area contributed by atoms with Crippen molar-refractivity contribution in [3.63, 3.8) is 0 Å². The summed E-state index contributed by atoms with van der Waals surface area (Å²) in [6.45, 7) is 2.16. The van der Waals surface area contributed by atoms with Gasteiger partial charge < -0.3 is 4.74 Å². The molecule has 0 amide bonds. The molecule has 0 aliphatic carbocycles. The van der Waals surface area contributed by atoms with Crippen LogP contribution in [0, 0.1) is 0 Å². The second-order valence-corrected chi connectivity index (χ2v) is 3.83. The van der Waals surface area contributed by atoms with E-state index in [-0.39, 0.29) is 5.97 Å². The molecule has 0 aromatic carbocycles. The monoisotopic (exact) mass is 198 g/mol. The van der Waals surface area contributed by atoms with Gasteiger partial charge in [-0.3, -0.25) is 0 Å². The van der Waals surface area contributed by atoms with E-state index in [1.807, 2.05) is 11.4 Å². The fourth-order valence-electron chi connectivity index (χ4n) is 1.10. The quantitative estimate of drug-likeness (QED) is 0.695. The number of thiophene rings is 1. The van der Waals surface area contributed by atoms with E-state index in [4.69, 9.17) is 0 Å². The number of unbranched alkanes of at least 4 members (excludes halogenated alkanes) is 1. The lowest BCUT2D eigenvalue weighted by Gasteiger charge is -1.93. The molecule has 72 valence electrons. The molecule has 1 aromatic heterocycles. The summed E-state index contributed by atoms with van der Waals surface area (Å²) in [7, 11) is 1.41. The Hall–Kier alpha value is -0.830. The average molecular weight is 198 g/mol. The van der Waals surface area contributed by atoms with Crippen LogP contribution < -0.4 is 0 Å². The summed E-state index contributed by atoms with van der Waals surface area (Å²) < 4.78 is 4.63. The van der Waals surface area contributed by atoms with Crippen LogP contribution in [-0.2, 0) is 11.2 Å². The Labute approximate surface area is 82.5 Å². The van der Waals surface area contributed by atoms with Crippen molar-refractivity contribution in [2.75, 3.05) is 7.11 Å². The molecule has 0 saturated heterocycles. The Morgan fingerprint density at radius 1 is 1.62 bits per heavy atom. The summed E-state index contributed by atoms with van der Waals surface area (Å²) in [6, 6.07) is 1.92. The smallest absolute Gasteiger partial charge is 0.348 e. The van der Waals surface area contributed by atoms with Gasteiger partial charge in [0.25, 0.3) is 0 Å². The highest BCUT2D eigenvalue weighted by atomic mass is 32.1. The van der Waals surface area contributed by atoms with E-state index in [2.05, 4.69) is 11.7 Å². The van der Waals surface area contributed by atoms with Gasteiger partial charge >= 0.3 is 5.97 Å². The summed E-state index contributed by atoms with van der Waals surface area (Å²) >= 11 is 1.46. The highest BCUT2D eigenvalue weighted by Gasteiger charge is 2.07. The van der Waals surface area contributed by atoms with Gasteiger partial charge in [0.05, 0.1) is 7.11 Å². The van der Waals surface area contributed by atoms with E-state index in [9.17, 15) is 4.79 Å². The van der Waals surface area contributed by atoms with Crippen LogP contribution in [0.3, 0.4) is 0 Å². The number of hydrogen-bond donors (Lipinski definition) is 0. The predicted octanol–water partition coefficient (Wildman–Crippen LogP) is 2.88. The first-order valence-electron chi connectivity index (χ1n) is 4.43. The highest BCUT2D eigenvalue weighted by Crippen LogP contribution is 2.17. The molecule has 0 saturated carbocycles. The maximum atomic E-state index is 11.1. The lowest BCUT2D eigenvalue weighted by molar-refractivity contribution is 0.0606. The van der Waals surface area contributed by atoms with Crippen LogP contribution in [0.25, 0.3) is 0 Å². The zero-order chi connectivity index (χ0) is 9.68. The number of hydrogen-bond acceptors (Lipinski definition) is 3. The van der Waals surface area contributed by atoms with E-state index < -0.39 is 0 Å². The van der Waals surface area contributed by atoms with Crippen molar-refractivity contribution < 1.29 is 9.53 Å². The normalized spacial score (nSPS) is 10.0. The first-order chi connectivity index (χ1) is 6.27. The van der Waals surface area contributed by atoms with Crippen molar-refractivity contribution in [1.29, 1.82) is 0 Å². The highest BCUT2D eigenvalue weighted by molar-refractivity contribution is 7.12. The van der Waals surface area contributed by atoms with Gasteiger partial charge in [0.15, 0.2) is 0 Å². The molecule has 1 rings (SSSR count). The molecule has 0 atom stereocenters. The molecule has 0 aliphatic heterocycles. The van der Waals surface area contributed by atoms with Gasteiger partial charge in [0, 0.05) is 0 Å². The summed E-state index contributed by atoms with van der Waals surface area (Å²) in [6.07, 6.45) is 3.42. The molecule has 13 heavy (non-hydrogen) atoms. The number of aryl methyl sites for hydroxylation is 1. The lowest BCUT2D eigenvalue weighted by atomic mass is 10.1. The van der Waals surface area contributed by atoms with Crippen molar-refractivity contribution >= 4 is 17.3 Å². The minimum atomic E-state index is -0.229. The van der Waals surface area contributed by atoms with Crippen LogP contribution in [-0.4, -0.2) is 13.1 Å². The molecule has 0 bridgehead atoms. The van der Waals surface area contributed by atoms with E-state index in [1.165, 1.54) is 36.9 Å². The molecule has 2 nitrogen and oxygen atoms in total. The number of rotatable bonds is 4. The van der Waals surface area contributed by atoms with Gasteiger partial charge in [-0.25, -0.2) is 4.79 Å². The standard InChI is InChI=1S/C10H14O2S/c1-3-4-5-8-6-9(13-7-8)10(11)12-2/h6-7H,3-5H2,1-2H3. The SMILES string of the molecule is CCCCc1csc(C(=O)OC)c1. The molecule has 0 fully saturated rings. The fraction of sp³-hybridized carbons (Fsp3) is 0.500. The van der Waals surface area contributed by atoms with Crippen LogP contribution >= 0.6 is 11.3 Å². The van der Waals surface area contributed by atoms with Gasteiger partial charge in [-0.1, -0.05) is 13.3 Å². The van der Waals surface area contributed by atoms with Crippen LogP contribution in [0.2, 0.25) is 0 Å². The Bertz CT molecular complexity index is 278. The van der Waals surface area contributed by atoms with Crippen molar-refractivity contribution in [2.45, 2.75) is 26.2 Å². The fourth-order valence-corrected chi connectivity index (χ4v) is 1.96. The van der Waals surface area contributed by atoms with Gasteiger partial charge in [-0.05, 0) is 29.9 Å². The largest absolute Gasteiger partial charge is 0.465 e. The Balaban J connectivity index is 2.58. The molecule has 1 heterocycles. The third kappa shape index (κ3) is 2.84. The summed E-state index contributed by atoms with van der Waals surface area (Å²) in [5.74, 6) is -0.229. The summed E-state index contributed by atoms with van der Waals surface area (Å²) in [4.78, 5) is 11.8. The maximum absolute atomic E-state index is 11.1. The number of ether oxygens (including phenoxy) is 1. The first-order valence-corrected chi connectivity index (χ1v) is 5.31. The second kappa shape index (κ2) is 5.02. The van der Waals surface area contributed by atoms with E-state index >= 15 is 0 Å². The van der Waals surface area contributed by atoms with E-state index in [0.29, 0.717) is 4.88 Å². The Kier molecular flexibility index (Phi) is 3.96. The molecule has 0 radical (unpaired) electrons. The van der Waals surface area contributed by atoms with Gasteiger partial charge in [-0.15, -0.1) is 11.3 Å². The van der Waals surface area contributed by atoms with Gasteiger partial charge in [0.2, 0.25) is 0 Å². The van der Waals surface area contributed by atoms with Gasteiger partial charge in [-0.2, -0.15) is 0 Å². The van der Waals surface area contributed by atoms with Crippen LogP contribution in [0.4, 0.5) is 0 Å². The number of esters is 1. The molecular formula is C10H14O2S. The van der Waals surface area contributed by atoms with Crippen molar-refractivity contribution in [2.24, 2.45) is 0 Å². The van der Waals surface area contributed by atoms with E-state index in [0.717, 1.165) is 6.42 Å². The van der Waals surface area contributed by atoms with Crippen LogP contribution in [0.1, 0.15) is 35.0 Å². The van der Waals surface area contributed by atoms with Gasteiger partial charge in [0.1, 0.15) is 4.88 Å². The number of carbonyl (C=O) groups is 1. The number of carbonyl (C=O) groups excluding carboxylic acids is 1. The maximum Gasteiger partial charge on any atom is 0.348 e. The topological polar surface area (TPSA) is 26.3 Å². The minimum Gasteiger partial charge on any atom is -0.465 e. The summed E-state index contributed by atoms with van der Waals surface area (Å²) in [5.41, 5.74) is 1.24. The summed E-state index contributed by atoms with van der Waals surface area (Å²) in [5, 5.41) is 2.03. The molecule has 0 unspecified atom stereocenters. The van der Waals surface area contributed by atoms with E-state index in [1.54, 1.807) is 0 Å². The first kappa shape index (κ1) is 10.3. The molecule has 1 aromatic rings. The zero-order valence-electron chi connectivity index (χ0n) is 8.00. The van der Waals surface area contributed by atoms with Crippen LogP contribution in [0.15, 0.2) is 11.4 Å².